The molecule has 0 atom stereocenters. The van der Waals surface area contributed by atoms with Gasteiger partial charge in [0.05, 0.1) is 24.0 Å². The Bertz CT molecular complexity index is 1600. The van der Waals surface area contributed by atoms with Gasteiger partial charge in [-0.25, -0.2) is 19.0 Å². The van der Waals surface area contributed by atoms with Crippen LogP contribution >= 0.6 is 11.3 Å². The van der Waals surface area contributed by atoms with Gasteiger partial charge in [0.1, 0.15) is 27.6 Å². The van der Waals surface area contributed by atoms with Crippen LogP contribution in [-0.2, 0) is 21.0 Å². The average Bonchev–Trinajstić information content (AvgIpc) is 3.73. The number of carbonyl (C=O) groups excluding carboxylic acids is 2. The zero-order chi connectivity index (χ0) is 30.7. The summed E-state index contributed by atoms with van der Waals surface area (Å²) >= 11 is 1.21. The molecule has 15 heteroatoms. The zero-order valence-corrected chi connectivity index (χ0v) is 24.7. The molecule has 1 fully saturated rings. The number of nitrogens with zero attached hydrogens (tertiary/aromatic N) is 6. The largest absolute Gasteiger partial charge is 0.441 e. The monoisotopic (exact) mass is 614 g/mol. The lowest BCUT2D eigenvalue weighted by atomic mass is 9.93. The van der Waals surface area contributed by atoms with Crippen molar-refractivity contribution < 1.29 is 27.8 Å². The number of ether oxygens (including phenoxy) is 2. The molecule has 0 aromatic carbocycles. The zero-order valence-electron chi connectivity index (χ0n) is 23.9. The summed E-state index contributed by atoms with van der Waals surface area (Å²) < 4.78 is 42.8. The van der Waals surface area contributed by atoms with Crippen LogP contribution in [0.4, 0.5) is 14.5 Å². The van der Waals surface area contributed by atoms with Gasteiger partial charge in [-0.05, 0) is 58.6 Å². The molecule has 0 saturated heterocycles. The smallest absolute Gasteiger partial charge is 0.327 e. The van der Waals surface area contributed by atoms with E-state index in [4.69, 9.17) is 15.2 Å². The first-order valence-electron chi connectivity index (χ1n) is 13.8. The maximum absolute atomic E-state index is 14.8. The highest BCUT2D eigenvalue weighted by molar-refractivity contribution is 7.13. The van der Waals surface area contributed by atoms with E-state index in [1.165, 1.54) is 22.2 Å². The molecular weight excluding hydrogens is 582 g/mol. The summed E-state index contributed by atoms with van der Waals surface area (Å²) in [6.07, 6.45) is 8.19. The first-order chi connectivity index (χ1) is 20.5. The fraction of sp³-hybridized carbons (Fsp3) is 0.429. The number of nitrogens with one attached hydrogen (secondary N) is 1. The molecule has 0 bridgehead atoms. The number of amides is 1. The van der Waals surface area contributed by atoms with Gasteiger partial charge in [0.25, 0.3) is 5.91 Å². The van der Waals surface area contributed by atoms with Crippen molar-refractivity contribution in [2.75, 3.05) is 11.9 Å². The van der Waals surface area contributed by atoms with Crippen molar-refractivity contribution in [1.29, 1.82) is 0 Å². The average molecular weight is 615 g/mol. The van der Waals surface area contributed by atoms with Gasteiger partial charge >= 0.3 is 5.97 Å². The van der Waals surface area contributed by atoms with Crippen LogP contribution in [0.5, 0.6) is 0 Å². The minimum atomic E-state index is -1.14. The topological polar surface area (TPSA) is 152 Å². The van der Waals surface area contributed by atoms with E-state index < -0.39 is 29.2 Å². The number of pyridine rings is 1. The molecule has 1 saturated carbocycles. The van der Waals surface area contributed by atoms with Gasteiger partial charge in [0, 0.05) is 29.9 Å². The van der Waals surface area contributed by atoms with Crippen molar-refractivity contribution in [2.24, 2.45) is 5.73 Å². The number of aromatic nitrogens is 6. The normalized spacial score (nSPS) is 17.2. The summed E-state index contributed by atoms with van der Waals surface area (Å²) in [6, 6.07) is 1.89. The fourth-order valence-electron chi connectivity index (χ4n) is 4.69. The van der Waals surface area contributed by atoms with Crippen LogP contribution in [0, 0.1) is 11.8 Å². The summed E-state index contributed by atoms with van der Waals surface area (Å²) in [5.74, 6) is -2.78. The molecule has 0 spiro atoms. The summed E-state index contributed by atoms with van der Waals surface area (Å²) in [5, 5.41) is 13.5. The predicted molar refractivity (Wildman–Crippen MR) is 154 cm³/mol. The number of hydrogen-bond acceptors (Lipinski definition) is 10. The van der Waals surface area contributed by atoms with Crippen LogP contribution in [0.1, 0.15) is 63.0 Å². The minimum Gasteiger partial charge on any atom is -0.441 e. The molecule has 1 aliphatic rings. The first-order valence-corrected chi connectivity index (χ1v) is 14.7. The van der Waals surface area contributed by atoms with Gasteiger partial charge in [0.2, 0.25) is 5.95 Å². The van der Waals surface area contributed by atoms with Gasteiger partial charge in [-0.2, -0.15) is 14.6 Å². The summed E-state index contributed by atoms with van der Waals surface area (Å²) in [5.41, 5.74) is 5.21. The van der Waals surface area contributed by atoms with Crippen molar-refractivity contribution in [3.8, 4) is 22.0 Å². The quantitative estimate of drug-likeness (QED) is 0.194. The van der Waals surface area contributed by atoms with E-state index in [1.54, 1.807) is 36.3 Å². The van der Waals surface area contributed by atoms with Gasteiger partial charge in [-0.3, -0.25) is 14.3 Å². The summed E-state index contributed by atoms with van der Waals surface area (Å²) in [4.78, 5) is 33.3. The molecule has 5 rings (SSSR count). The van der Waals surface area contributed by atoms with Gasteiger partial charge in [0.15, 0.2) is 12.5 Å². The standard InChI is InChI=1S/C28H32F2N8O4S/c1-4-41-18-7-5-17(6-8-18)38-13-20(24(36-38)23-19(29)9-10-22(30)35-23)33-25(39)21-14-43-26(34-21)16-11-32-37(12-16)15-42-27(40)28(2,3)31/h9-14,17-18H,4-8,15,31H2,1-3H3,(H,33,39). The van der Waals surface area contributed by atoms with Crippen LogP contribution in [0.15, 0.2) is 36.1 Å². The Labute approximate surface area is 250 Å². The van der Waals surface area contributed by atoms with E-state index in [2.05, 4.69) is 25.5 Å². The van der Waals surface area contributed by atoms with Crippen LogP contribution < -0.4 is 11.1 Å². The Morgan fingerprint density at radius 1 is 1.14 bits per heavy atom. The van der Waals surface area contributed by atoms with Crippen LogP contribution in [0.25, 0.3) is 22.0 Å². The summed E-state index contributed by atoms with van der Waals surface area (Å²) in [6.45, 7) is 5.55. The molecule has 43 heavy (non-hydrogen) atoms. The number of halogens is 2. The van der Waals surface area contributed by atoms with Gasteiger partial charge in [-0.1, -0.05) is 0 Å². The first kappa shape index (κ1) is 30.4. The van der Waals surface area contributed by atoms with E-state index in [0.29, 0.717) is 17.2 Å². The fourth-order valence-corrected chi connectivity index (χ4v) is 5.47. The van der Waals surface area contributed by atoms with Crippen molar-refractivity contribution >= 4 is 28.9 Å². The number of anilines is 1. The molecule has 228 valence electrons. The van der Waals surface area contributed by atoms with Gasteiger partial charge in [-0.15, -0.1) is 11.3 Å². The number of rotatable bonds is 10. The Kier molecular flexibility index (Phi) is 8.94. The number of nitrogens with two attached hydrogens (primary N) is 1. The van der Waals surface area contributed by atoms with Crippen molar-refractivity contribution in [2.45, 2.75) is 70.9 Å². The third kappa shape index (κ3) is 7.12. The SMILES string of the molecule is CCOC1CCC(n2cc(NC(=O)c3csc(-c4cnn(COC(=O)C(C)(C)N)c4)n3)c(-c3nc(F)ccc3F)n2)CC1. The lowest BCUT2D eigenvalue weighted by Gasteiger charge is -2.28. The Morgan fingerprint density at radius 3 is 2.63 bits per heavy atom. The number of thiazole rings is 1. The molecule has 4 heterocycles. The highest BCUT2D eigenvalue weighted by atomic mass is 32.1. The maximum atomic E-state index is 14.8. The second kappa shape index (κ2) is 12.7. The molecule has 1 amide bonds. The molecule has 4 aromatic rings. The highest BCUT2D eigenvalue weighted by Gasteiger charge is 2.27. The van der Waals surface area contributed by atoms with Crippen molar-refractivity contribution in [3.05, 3.63) is 53.6 Å². The molecular formula is C28H32F2N8O4S. The third-order valence-corrected chi connectivity index (χ3v) is 7.80. The number of hydrogen-bond donors (Lipinski definition) is 2. The molecule has 12 nitrogen and oxygen atoms in total. The molecule has 1 aliphatic carbocycles. The molecule has 0 aliphatic heterocycles. The lowest BCUT2D eigenvalue weighted by Crippen LogP contribution is -2.43. The van der Waals surface area contributed by atoms with E-state index in [9.17, 15) is 18.4 Å². The lowest BCUT2D eigenvalue weighted by molar-refractivity contribution is -0.153. The Hall–Kier alpha value is -4.08. The molecule has 4 aromatic heterocycles. The van der Waals surface area contributed by atoms with E-state index >= 15 is 0 Å². The van der Waals surface area contributed by atoms with Crippen molar-refractivity contribution in [3.63, 3.8) is 0 Å². The second-order valence-electron chi connectivity index (χ2n) is 10.8. The maximum Gasteiger partial charge on any atom is 0.327 e. The van der Waals surface area contributed by atoms with Gasteiger partial charge < -0.3 is 20.5 Å². The number of esters is 1. The van der Waals surface area contributed by atoms with Crippen LogP contribution in [0.2, 0.25) is 0 Å². The van der Waals surface area contributed by atoms with Crippen molar-refractivity contribution in [1.82, 2.24) is 29.5 Å². The predicted octanol–water partition coefficient (Wildman–Crippen LogP) is 4.55. The Balaban J connectivity index is 1.34. The number of carbonyl (C=O) groups is 2. The van der Waals surface area contributed by atoms with E-state index in [-0.39, 0.29) is 41.6 Å². The van der Waals surface area contributed by atoms with E-state index in [0.717, 1.165) is 37.8 Å². The van der Waals surface area contributed by atoms with Crippen LogP contribution in [-0.4, -0.2) is 59.7 Å². The molecule has 0 unspecified atom stereocenters. The van der Waals surface area contributed by atoms with Crippen LogP contribution in [0.3, 0.4) is 0 Å². The van der Waals surface area contributed by atoms with E-state index in [1.807, 2.05) is 6.92 Å². The highest BCUT2D eigenvalue weighted by Crippen LogP contribution is 2.34. The molecule has 0 radical (unpaired) electrons. The third-order valence-electron chi connectivity index (χ3n) is 6.91. The molecule has 3 N–H and O–H groups in total. The second-order valence-corrected chi connectivity index (χ2v) is 11.6. The minimum absolute atomic E-state index is 0.00432. The summed E-state index contributed by atoms with van der Waals surface area (Å²) in [7, 11) is 0. The Morgan fingerprint density at radius 2 is 1.91 bits per heavy atom.